The highest BCUT2D eigenvalue weighted by Gasteiger charge is 2.10. The zero-order chi connectivity index (χ0) is 11.0. The van der Waals surface area contributed by atoms with Crippen molar-refractivity contribution in [2.75, 3.05) is 12.3 Å². The highest BCUT2D eigenvalue weighted by atomic mass is 14.8. The lowest BCUT2D eigenvalue weighted by Gasteiger charge is -2.11. The van der Waals surface area contributed by atoms with Crippen LogP contribution < -0.4 is 16.4 Å². The number of H-pyrrole nitrogens is 1. The lowest BCUT2D eigenvalue weighted by atomic mass is 9.98. The van der Waals surface area contributed by atoms with Gasteiger partial charge in [-0.2, -0.15) is 0 Å². The van der Waals surface area contributed by atoms with Gasteiger partial charge in [0.15, 0.2) is 0 Å². The van der Waals surface area contributed by atoms with Crippen LogP contribution in [0.15, 0.2) is 41.5 Å². The second kappa shape index (κ2) is 3.52. The molecule has 3 heteroatoms. The van der Waals surface area contributed by atoms with Crippen LogP contribution in [-0.4, -0.2) is 11.5 Å². The van der Waals surface area contributed by atoms with Gasteiger partial charge < -0.3 is 10.7 Å². The highest BCUT2D eigenvalue weighted by molar-refractivity contribution is 5.74. The molecule has 0 bridgehead atoms. The van der Waals surface area contributed by atoms with Crippen LogP contribution in [0.3, 0.4) is 0 Å². The fourth-order valence-electron chi connectivity index (χ4n) is 2.20. The SMILES string of the molecule is Nc1ccccc1C1=c2cc[nH]c2=NCC1. The molecular formula is C13H13N3. The van der Waals surface area contributed by atoms with Crippen LogP contribution in [0.1, 0.15) is 12.0 Å². The topological polar surface area (TPSA) is 54.2 Å². The molecule has 3 rings (SSSR count). The van der Waals surface area contributed by atoms with Gasteiger partial charge in [0, 0.05) is 29.2 Å². The number of nitrogens with two attached hydrogens (primary N) is 1. The number of nitrogens with zero attached hydrogens (tertiary/aromatic N) is 1. The summed E-state index contributed by atoms with van der Waals surface area (Å²) in [4.78, 5) is 7.59. The molecule has 0 saturated heterocycles. The average molecular weight is 211 g/mol. The van der Waals surface area contributed by atoms with Gasteiger partial charge in [-0.05, 0) is 24.1 Å². The molecule has 1 aromatic heterocycles. The maximum atomic E-state index is 6.02. The van der Waals surface area contributed by atoms with Crippen molar-refractivity contribution in [1.82, 2.24) is 4.98 Å². The number of rotatable bonds is 1. The van der Waals surface area contributed by atoms with Crippen LogP contribution in [0, 0.1) is 0 Å². The first-order valence-electron chi connectivity index (χ1n) is 5.42. The van der Waals surface area contributed by atoms with E-state index in [-0.39, 0.29) is 0 Å². The molecule has 80 valence electrons. The van der Waals surface area contributed by atoms with Gasteiger partial charge in [-0.25, -0.2) is 0 Å². The number of nitrogens with one attached hydrogen (secondary N) is 1. The molecule has 2 heterocycles. The Bertz CT molecular complexity index is 637. The molecule has 2 aromatic rings. The van der Waals surface area contributed by atoms with E-state index >= 15 is 0 Å². The molecule has 0 aliphatic carbocycles. The zero-order valence-electron chi connectivity index (χ0n) is 8.90. The first-order valence-corrected chi connectivity index (χ1v) is 5.42. The number of nitrogen functional groups attached to an aromatic ring is 1. The third-order valence-electron chi connectivity index (χ3n) is 2.97. The summed E-state index contributed by atoms with van der Waals surface area (Å²) in [6, 6.07) is 10.1. The number of aromatic nitrogens is 1. The molecule has 1 aliphatic heterocycles. The van der Waals surface area contributed by atoms with E-state index in [0.717, 1.165) is 29.7 Å². The number of para-hydroxylation sites is 1. The molecule has 1 aromatic carbocycles. The van der Waals surface area contributed by atoms with Crippen LogP contribution in [-0.2, 0) is 0 Å². The van der Waals surface area contributed by atoms with Crippen molar-refractivity contribution in [3.63, 3.8) is 0 Å². The largest absolute Gasteiger partial charge is 0.398 e. The summed E-state index contributed by atoms with van der Waals surface area (Å²) in [6.45, 7) is 0.831. The van der Waals surface area contributed by atoms with Gasteiger partial charge in [-0.3, -0.25) is 4.99 Å². The first kappa shape index (κ1) is 9.21. The first-order chi connectivity index (χ1) is 7.86. The quantitative estimate of drug-likeness (QED) is 0.674. The predicted molar refractivity (Wildman–Crippen MR) is 64.4 cm³/mol. The zero-order valence-corrected chi connectivity index (χ0v) is 8.90. The molecule has 0 spiro atoms. The van der Waals surface area contributed by atoms with Gasteiger partial charge in [-0.15, -0.1) is 0 Å². The van der Waals surface area contributed by atoms with Crippen LogP contribution in [0.5, 0.6) is 0 Å². The molecule has 3 nitrogen and oxygen atoms in total. The number of aromatic amines is 1. The lowest BCUT2D eigenvalue weighted by Crippen LogP contribution is -2.29. The van der Waals surface area contributed by atoms with Crippen molar-refractivity contribution in [3.8, 4) is 0 Å². The van der Waals surface area contributed by atoms with Crippen molar-refractivity contribution < 1.29 is 0 Å². The molecule has 1 aliphatic rings. The Morgan fingerprint density at radius 2 is 2.06 bits per heavy atom. The molecule has 0 unspecified atom stereocenters. The Kier molecular flexibility index (Phi) is 2.03. The van der Waals surface area contributed by atoms with E-state index in [1.54, 1.807) is 0 Å². The van der Waals surface area contributed by atoms with Crippen LogP contribution in [0.2, 0.25) is 0 Å². The molecule has 0 amide bonds. The molecule has 0 saturated carbocycles. The van der Waals surface area contributed by atoms with Crippen LogP contribution >= 0.6 is 0 Å². The number of hydrogen-bond acceptors (Lipinski definition) is 2. The molecule has 0 fully saturated rings. The summed E-state index contributed by atoms with van der Waals surface area (Å²) in [6.07, 6.45) is 2.89. The summed E-state index contributed by atoms with van der Waals surface area (Å²) in [5.41, 5.74) is 10.3. The summed E-state index contributed by atoms with van der Waals surface area (Å²) in [5, 5.41) is 1.18. The van der Waals surface area contributed by atoms with Gasteiger partial charge in [0.1, 0.15) is 5.49 Å². The summed E-state index contributed by atoms with van der Waals surface area (Å²) >= 11 is 0. The Morgan fingerprint density at radius 3 is 2.94 bits per heavy atom. The smallest absolute Gasteiger partial charge is 0.132 e. The Hall–Kier alpha value is -2.03. The maximum absolute atomic E-state index is 6.02. The Labute approximate surface area is 93.3 Å². The minimum atomic E-state index is 0.831. The third-order valence-corrected chi connectivity index (χ3v) is 2.97. The fraction of sp³-hybridized carbons (Fsp3) is 0.154. The number of fused-ring (bicyclic) bond motifs is 1. The van der Waals surface area contributed by atoms with E-state index in [1.807, 2.05) is 24.4 Å². The molecule has 0 atom stereocenters. The predicted octanol–water partition coefficient (Wildman–Crippen LogP) is 0.819. The molecular weight excluding hydrogens is 198 g/mol. The van der Waals surface area contributed by atoms with E-state index < -0.39 is 0 Å². The lowest BCUT2D eigenvalue weighted by molar-refractivity contribution is 0.917. The van der Waals surface area contributed by atoms with Crippen LogP contribution in [0.4, 0.5) is 5.69 Å². The summed E-state index contributed by atoms with van der Waals surface area (Å²) in [5.74, 6) is 0. The van der Waals surface area contributed by atoms with Crippen LogP contribution in [0.25, 0.3) is 5.57 Å². The third kappa shape index (κ3) is 1.33. The minimum Gasteiger partial charge on any atom is -0.398 e. The second-order valence-corrected chi connectivity index (χ2v) is 3.94. The van der Waals surface area contributed by atoms with E-state index in [1.165, 1.54) is 10.8 Å². The van der Waals surface area contributed by atoms with Crippen molar-refractivity contribution >= 4 is 11.3 Å². The highest BCUT2D eigenvalue weighted by Crippen LogP contribution is 2.21. The maximum Gasteiger partial charge on any atom is 0.132 e. The Morgan fingerprint density at radius 1 is 1.19 bits per heavy atom. The van der Waals surface area contributed by atoms with E-state index in [2.05, 4.69) is 22.1 Å². The van der Waals surface area contributed by atoms with Gasteiger partial charge in [0.05, 0.1) is 0 Å². The number of benzene rings is 1. The van der Waals surface area contributed by atoms with Gasteiger partial charge in [0.25, 0.3) is 0 Å². The molecule has 0 radical (unpaired) electrons. The van der Waals surface area contributed by atoms with Gasteiger partial charge in [0.2, 0.25) is 0 Å². The van der Waals surface area contributed by atoms with E-state index in [0.29, 0.717) is 0 Å². The van der Waals surface area contributed by atoms with Crippen molar-refractivity contribution in [3.05, 3.63) is 52.8 Å². The van der Waals surface area contributed by atoms with Gasteiger partial charge in [-0.1, -0.05) is 18.2 Å². The fourth-order valence-corrected chi connectivity index (χ4v) is 2.20. The van der Waals surface area contributed by atoms with E-state index in [9.17, 15) is 0 Å². The van der Waals surface area contributed by atoms with Crippen molar-refractivity contribution in [2.45, 2.75) is 6.42 Å². The molecule has 16 heavy (non-hydrogen) atoms. The second-order valence-electron chi connectivity index (χ2n) is 3.94. The summed E-state index contributed by atoms with van der Waals surface area (Å²) in [7, 11) is 0. The summed E-state index contributed by atoms with van der Waals surface area (Å²) < 4.78 is 0. The normalized spacial score (nSPS) is 14.4. The molecule has 3 N–H and O–H groups in total. The number of anilines is 1. The Balaban J connectivity index is 2.35. The van der Waals surface area contributed by atoms with Crippen molar-refractivity contribution in [2.24, 2.45) is 4.99 Å². The van der Waals surface area contributed by atoms with Gasteiger partial charge >= 0.3 is 0 Å². The monoisotopic (exact) mass is 211 g/mol. The average Bonchev–Trinajstić information content (AvgIpc) is 2.77. The van der Waals surface area contributed by atoms with E-state index in [4.69, 9.17) is 5.73 Å². The van der Waals surface area contributed by atoms with Crippen molar-refractivity contribution in [1.29, 1.82) is 0 Å². The number of hydrogen-bond donors (Lipinski definition) is 2. The standard InChI is InChI=1S/C13H13N3/c14-12-4-2-1-3-10(12)9-5-7-15-13-11(9)6-8-16-13/h1-4,6,8H,5,7,14H2,(H,15,16). The minimum absolute atomic E-state index is 0.831.